The molecule has 0 fully saturated rings. The number of aryl methyl sites for hydroxylation is 2. The molecule has 0 aromatic carbocycles. The van der Waals surface area contributed by atoms with Crippen LogP contribution in [0.25, 0.3) is 0 Å². The number of aromatic nitrogens is 2. The third-order valence-electron chi connectivity index (χ3n) is 3.02. The third kappa shape index (κ3) is 3.22. The van der Waals surface area contributed by atoms with E-state index in [4.69, 9.17) is 17.3 Å². The van der Waals surface area contributed by atoms with E-state index in [2.05, 4.69) is 18.9 Å². The first-order valence-electron chi connectivity index (χ1n) is 6.05. The molecule has 0 bridgehead atoms. The lowest BCUT2D eigenvalue weighted by Crippen LogP contribution is -2.18. The van der Waals surface area contributed by atoms with Crippen LogP contribution in [0.5, 0.6) is 0 Å². The second kappa shape index (κ2) is 6.26. The van der Waals surface area contributed by atoms with Gasteiger partial charge in [0.05, 0.1) is 16.4 Å². The van der Waals surface area contributed by atoms with Crippen molar-refractivity contribution in [3.8, 4) is 0 Å². The minimum absolute atomic E-state index is 0.317. The smallest absolute Gasteiger partial charge is 0.0849 e. The summed E-state index contributed by atoms with van der Waals surface area (Å²) in [6.07, 6.45) is 5.04. The molecule has 2 N–H and O–H groups in total. The van der Waals surface area contributed by atoms with E-state index in [1.165, 1.54) is 0 Å². The summed E-state index contributed by atoms with van der Waals surface area (Å²) in [5.74, 6) is 0. The molecule has 0 radical (unpaired) electrons. The lowest BCUT2D eigenvalue weighted by molar-refractivity contribution is 0.556. The van der Waals surface area contributed by atoms with Gasteiger partial charge in [-0.1, -0.05) is 25.4 Å². The largest absolute Gasteiger partial charge is 0.328 e. The van der Waals surface area contributed by atoms with E-state index in [0.717, 1.165) is 48.5 Å². The van der Waals surface area contributed by atoms with Crippen LogP contribution in [0.1, 0.15) is 44.5 Å². The lowest BCUT2D eigenvalue weighted by atomic mass is 10.1. The standard InChI is InChI=1S/C12H22ClN3/c1-4-9(14)7-6-8-11-12(13)10(5-2)15-16(11)3/h9H,4-8,14H2,1-3H3. The highest BCUT2D eigenvalue weighted by Gasteiger charge is 2.12. The molecule has 4 heteroatoms. The van der Waals surface area contributed by atoms with Crippen LogP contribution in [0, 0.1) is 0 Å². The summed E-state index contributed by atoms with van der Waals surface area (Å²) >= 11 is 6.26. The van der Waals surface area contributed by atoms with Crippen molar-refractivity contribution in [1.29, 1.82) is 0 Å². The first-order chi connectivity index (χ1) is 7.60. The van der Waals surface area contributed by atoms with Gasteiger partial charge < -0.3 is 5.73 Å². The van der Waals surface area contributed by atoms with Crippen LogP contribution in [-0.4, -0.2) is 15.8 Å². The van der Waals surface area contributed by atoms with Crippen molar-refractivity contribution in [2.24, 2.45) is 12.8 Å². The molecule has 1 aromatic rings. The summed E-state index contributed by atoms with van der Waals surface area (Å²) < 4.78 is 1.90. The van der Waals surface area contributed by atoms with Gasteiger partial charge in [-0.15, -0.1) is 0 Å². The molecular weight excluding hydrogens is 222 g/mol. The van der Waals surface area contributed by atoms with Gasteiger partial charge in [-0.05, 0) is 32.1 Å². The third-order valence-corrected chi connectivity index (χ3v) is 3.45. The van der Waals surface area contributed by atoms with Crippen molar-refractivity contribution in [1.82, 2.24) is 9.78 Å². The van der Waals surface area contributed by atoms with E-state index in [9.17, 15) is 0 Å². The van der Waals surface area contributed by atoms with E-state index < -0.39 is 0 Å². The summed E-state index contributed by atoms with van der Waals surface area (Å²) in [4.78, 5) is 0. The van der Waals surface area contributed by atoms with Gasteiger partial charge in [0.15, 0.2) is 0 Å². The first kappa shape index (κ1) is 13.5. The second-order valence-electron chi connectivity index (χ2n) is 4.25. The molecule has 16 heavy (non-hydrogen) atoms. The van der Waals surface area contributed by atoms with Crippen LogP contribution >= 0.6 is 11.6 Å². The van der Waals surface area contributed by atoms with Crippen molar-refractivity contribution >= 4 is 11.6 Å². The van der Waals surface area contributed by atoms with Crippen molar-refractivity contribution in [3.63, 3.8) is 0 Å². The number of hydrogen-bond donors (Lipinski definition) is 1. The maximum atomic E-state index is 6.26. The van der Waals surface area contributed by atoms with Gasteiger partial charge in [0.25, 0.3) is 0 Å². The van der Waals surface area contributed by atoms with Crippen LogP contribution in [-0.2, 0) is 19.9 Å². The molecule has 1 aromatic heterocycles. The van der Waals surface area contributed by atoms with Gasteiger partial charge in [0.2, 0.25) is 0 Å². The molecule has 1 atom stereocenters. The minimum Gasteiger partial charge on any atom is -0.328 e. The second-order valence-corrected chi connectivity index (χ2v) is 4.62. The average Bonchev–Trinajstić information content (AvgIpc) is 2.55. The Labute approximate surface area is 103 Å². The Morgan fingerprint density at radius 1 is 1.44 bits per heavy atom. The molecule has 3 nitrogen and oxygen atoms in total. The highest BCUT2D eigenvalue weighted by atomic mass is 35.5. The molecule has 1 rings (SSSR count). The summed E-state index contributed by atoms with van der Waals surface area (Å²) in [6.45, 7) is 4.20. The first-order valence-corrected chi connectivity index (χ1v) is 6.43. The molecule has 1 heterocycles. The Morgan fingerprint density at radius 3 is 2.62 bits per heavy atom. The number of rotatable bonds is 6. The van der Waals surface area contributed by atoms with Gasteiger partial charge in [-0.2, -0.15) is 5.10 Å². The van der Waals surface area contributed by atoms with Gasteiger partial charge >= 0.3 is 0 Å². The molecule has 92 valence electrons. The normalized spacial score (nSPS) is 13.1. The number of hydrogen-bond acceptors (Lipinski definition) is 2. The van der Waals surface area contributed by atoms with Crippen molar-refractivity contribution < 1.29 is 0 Å². The van der Waals surface area contributed by atoms with Gasteiger partial charge in [0, 0.05) is 13.1 Å². The highest BCUT2D eigenvalue weighted by molar-refractivity contribution is 6.31. The van der Waals surface area contributed by atoms with Crippen molar-refractivity contribution in [2.75, 3.05) is 0 Å². The predicted molar refractivity (Wildman–Crippen MR) is 68.8 cm³/mol. The highest BCUT2D eigenvalue weighted by Crippen LogP contribution is 2.22. The lowest BCUT2D eigenvalue weighted by Gasteiger charge is -2.08. The Hall–Kier alpha value is -0.540. The molecular formula is C12H22ClN3. The van der Waals surface area contributed by atoms with Crippen LogP contribution in [0.3, 0.4) is 0 Å². The summed E-state index contributed by atoms with van der Waals surface area (Å²) in [7, 11) is 1.96. The fourth-order valence-electron chi connectivity index (χ4n) is 1.83. The topological polar surface area (TPSA) is 43.8 Å². The Balaban J connectivity index is 2.56. The van der Waals surface area contributed by atoms with Crippen molar-refractivity contribution in [2.45, 2.75) is 52.0 Å². The van der Waals surface area contributed by atoms with Crippen LogP contribution in [0.15, 0.2) is 0 Å². The fourth-order valence-corrected chi connectivity index (χ4v) is 2.22. The van der Waals surface area contributed by atoms with E-state index in [0.29, 0.717) is 6.04 Å². The number of halogens is 1. The van der Waals surface area contributed by atoms with Crippen LogP contribution in [0.2, 0.25) is 5.02 Å². The molecule has 0 spiro atoms. The Kier molecular flexibility index (Phi) is 5.29. The molecule has 0 amide bonds. The SMILES string of the molecule is CCc1nn(C)c(CCCC(N)CC)c1Cl. The molecule has 0 saturated carbocycles. The minimum atomic E-state index is 0.317. The summed E-state index contributed by atoms with van der Waals surface area (Å²) in [5, 5.41) is 5.24. The quantitative estimate of drug-likeness (QED) is 0.835. The monoisotopic (exact) mass is 243 g/mol. The van der Waals surface area contributed by atoms with Gasteiger partial charge in [-0.3, -0.25) is 4.68 Å². The van der Waals surface area contributed by atoms with E-state index in [1.807, 2.05) is 11.7 Å². The number of nitrogens with two attached hydrogens (primary N) is 1. The maximum absolute atomic E-state index is 6.26. The molecule has 1 unspecified atom stereocenters. The summed E-state index contributed by atoms with van der Waals surface area (Å²) in [5.41, 5.74) is 8.03. The van der Waals surface area contributed by atoms with E-state index in [1.54, 1.807) is 0 Å². The number of nitrogens with zero attached hydrogens (tertiary/aromatic N) is 2. The van der Waals surface area contributed by atoms with Crippen LogP contribution < -0.4 is 5.73 Å². The zero-order chi connectivity index (χ0) is 12.1. The molecule has 0 aliphatic rings. The van der Waals surface area contributed by atoms with E-state index in [-0.39, 0.29) is 0 Å². The fraction of sp³-hybridized carbons (Fsp3) is 0.750. The zero-order valence-corrected chi connectivity index (χ0v) is 11.2. The van der Waals surface area contributed by atoms with Gasteiger partial charge in [-0.25, -0.2) is 0 Å². The zero-order valence-electron chi connectivity index (χ0n) is 10.5. The predicted octanol–water partition coefficient (Wildman–Crippen LogP) is 2.70. The molecule has 0 aliphatic carbocycles. The van der Waals surface area contributed by atoms with Crippen LogP contribution in [0.4, 0.5) is 0 Å². The van der Waals surface area contributed by atoms with Crippen molar-refractivity contribution in [3.05, 3.63) is 16.4 Å². The average molecular weight is 244 g/mol. The molecule has 0 saturated heterocycles. The maximum Gasteiger partial charge on any atom is 0.0849 e. The van der Waals surface area contributed by atoms with E-state index >= 15 is 0 Å². The Bertz CT molecular complexity index is 333. The summed E-state index contributed by atoms with van der Waals surface area (Å²) in [6, 6.07) is 0.317. The molecule has 0 aliphatic heterocycles. The Morgan fingerprint density at radius 2 is 2.12 bits per heavy atom. The van der Waals surface area contributed by atoms with Gasteiger partial charge in [0.1, 0.15) is 0 Å².